The molecule has 2 atom stereocenters. The molecular formula is C29H37Cl5N2O7. The number of unbranched alkanes of at least 4 members (excludes halogenated alkanes) is 1. The molecule has 2 unspecified atom stereocenters. The predicted molar refractivity (Wildman–Crippen MR) is 170 cm³/mol. The zero-order valence-corrected chi connectivity index (χ0v) is 28.0. The Morgan fingerprint density at radius 1 is 0.767 bits per heavy atom. The van der Waals surface area contributed by atoms with Crippen LogP contribution in [0.5, 0.6) is 11.5 Å². The number of carbonyl (C=O) groups excluding carboxylic acids is 2. The van der Waals surface area contributed by atoms with E-state index in [0.29, 0.717) is 6.61 Å². The lowest BCUT2D eigenvalue weighted by atomic mass is 9.78. The maximum absolute atomic E-state index is 11.8. The highest BCUT2D eigenvalue weighted by molar-refractivity contribution is 6.38. The third-order valence-electron chi connectivity index (χ3n) is 6.31. The zero-order valence-electron chi connectivity index (χ0n) is 24.2. The summed E-state index contributed by atoms with van der Waals surface area (Å²) in [6, 6.07) is 6.88. The monoisotopic (exact) mass is 700 g/mol. The quantitative estimate of drug-likeness (QED) is 0.106. The first kappa shape index (κ1) is 37.5. The lowest BCUT2D eigenvalue weighted by molar-refractivity contribution is -0.152. The van der Waals surface area contributed by atoms with E-state index in [1.807, 2.05) is 20.8 Å². The summed E-state index contributed by atoms with van der Waals surface area (Å²) in [5.74, 6) is -0.743. The van der Waals surface area contributed by atoms with Gasteiger partial charge in [0.25, 0.3) is 0 Å². The van der Waals surface area contributed by atoms with Crippen molar-refractivity contribution >= 4 is 69.9 Å². The average molecular weight is 703 g/mol. The Balaban J connectivity index is 2.22. The summed E-state index contributed by atoms with van der Waals surface area (Å²) < 4.78 is 27.7. The van der Waals surface area contributed by atoms with Crippen molar-refractivity contribution in [2.75, 3.05) is 45.4 Å². The number of alkyl halides is 1. The van der Waals surface area contributed by atoms with Crippen LogP contribution in [0.15, 0.2) is 24.3 Å². The zero-order chi connectivity index (χ0) is 32.2. The normalized spacial score (nSPS) is 12.9. The van der Waals surface area contributed by atoms with Gasteiger partial charge in [-0.25, -0.2) is 0 Å². The molecule has 0 saturated carbocycles. The summed E-state index contributed by atoms with van der Waals surface area (Å²) in [6.45, 7) is 5.95. The fourth-order valence-corrected chi connectivity index (χ4v) is 5.14. The van der Waals surface area contributed by atoms with Gasteiger partial charge >= 0.3 is 11.9 Å². The number of ether oxygens (including phenoxy) is 5. The molecule has 0 fully saturated rings. The van der Waals surface area contributed by atoms with Crippen LogP contribution in [-0.2, 0) is 29.2 Å². The molecule has 4 N–H and O–H groups in total. The third-order valence-corrected chi connectivity index (χ3v) is 7.78. The summed E-state index contributed by atoms with van der Waals surface area (Å²) in [6.07, 6.45) is 0.411. The molecule has 2 aromatic rings. The van der Waals surface area contributed by atoms with E-state index in [9.17, 15) is 9.59 Å². The van der Waals surface area contributed by atoms with Gasteiger partial charge in [0.05, 0.1) is 45.7 Å². The molecule has 0 aliphatic carbocycles. The topological polar surface area (TPSA) is 132 Å². The lowest BCUT2D eigenvalue weighted by Gasteiger charge is -2.28. The van der Waals surface area contributed by atoms with E-state index in [2.05, 4.69) is 0 Å². The summed E-state index contributed by atoms with van der Waals surface area (Å²) in [4.78, 5) is 23.3. The van der Waals surface area contributed by atoms with Crippen molar-refractivity contribution in [2.45, 2.75) is 51.2 Å². The Hall–Kier alpha value is -1.69. The Bertz CT molecular complexity index is 1190. The molecule has 2 aromatic carbocycles. The highest BCUT2D eigenvalue weighted by Crippen LogP contribution is 2.44. The van der Waals surface area contributed by atoms with Crippen LogP contribution in [-0.4, -0.2) is 69.5 Å². The lowest BCUT2D eigenvalue weighted by Crippen LogP contribution is -2.32. The first-order chi connectivity index (χ1) is 20.4. The second-order valence-electron chi connectivity index (χ2n) is 10.00. The van der Waals surface area contributed by atoms with Crippen molar-refractivity contribution in [1.82, 2.24) is 0 Å². The van der Waals surface area contributed by atoms with Crippen molar-refractivity contribution in [3.63, 3.8) is 0 Å². The van der Waals surface area contributed by atoms with Crippen molar-refractivity contribution in [1.29, 1.82) is 0 Å². The van der Waals surface area contributed by atoms with E-state index >= 15 is 0 Å². The van der Waals surface area contributed by atoms with Crippen LogP contribution >= 0.6 is 58.0 Å². The third kappa shape index (κ3) is 11.3. The first-order valence-electron chi connectivity index (χ1n) is 13.5. The van der Waals surface area contributed by atoms with Gasteiger partial charge in [0.2, 0.25) is 0 Å². The van der Waals surface area contributed by atoms with Gasteiger partial charge < -0.3 is 35.2 Å². The maximum atomic E-state index is 11.8. The minimum absolute atomic E-state index is 0.000434. The van der Waals surface area contributed by atoms with Gasteiger partial charge in [-0.3, -0.25) is 9.59 Å². The van der Waals surface area contributed by atoms with Gasteiger partial charge in [-0.15, -0.1) is 11.6 Å². The summed E-state index contributed by atoms with van der Waals surface area (Å²) >= 11 is 32.2. The predicted octanol–water partition coefficient (Wildman–Crippen LogP) is 6.18. The summed E-state index contributed by atoms with van der Waals surface area (Å²) in [5.41, 5.74) is 11.5. The van der Waals surface area contributed by atoms with E-state index in [0.717, 1.165) is 24.0 Å². The van der Waals surface area contributed by atoms with Gasteiger partial charge in [-0.05, 0) is 41.8 Å². The number of carbonyl (C=O) groups is 2. The minimum Gasteiger partial charge on any atom is -0.487 e. The van der Waals surface area contributed by atoms with Gasteiger partial charge in [0, 0.05) is 12.0 Å². The van der Waals surface area contributed by atoms with Gasteiger partial charge in [0.1, 0.15) is 19.3 Å². The van der Waals surface area contributed by atoms with Crippen LogP contribution in [0.2, 0.25) is 20.1 Å². The van der Waals surface area contributed by atoms with Gasteiger partial charge in [-0.2, -0.15) is 0 Å². The highest BCUT2D eigenvalue weighted by Gasteiger charge is 2.28. The van der Waals surface area contributed by atoms with E-state index < -0.39 is 29.6 Å². The Morgan fingerprint density at radius 2 is 1.19 bits per heavy atom. The van der Waals surface area contributed by atoms with Crippen LogP contribution in [0.25, 0.3) is 0 Å². The number of hydrogen-bond donors (Lipinski definition) is 2. The molecule has 0 saturated heterocycles. The van der Waals surface area contributed by atoms with Crippen LogP contribution in [0.4, 0.5) is 0 Å². The molecule has 0 aromatic heterocycles. The van der Waals surface area contributed by atoms with Crippen LogP contribution in [0.3, 0.4) is 0 Å². The SMILES string of the molecule is CCCCOCC(COc1c(Cl)cc(C(C)(C)c2cc(Cl)c(OCC(CCl)OC(=O)CN)c(Cl)c2)cc1Cl)OC(=O)CN. The molecule has 0 bridgehead atoms. The van der Waals surface area contributed by atoms with Crippen molar-refractivity contribution in [2.24, 2.45) is 11.5 Å². The number of nitrogens with two attached hydrogens (primary N) is 2. The van der Waals surface area contributed by atoms with Gasteiger partial charge in [-0.1, -0.05) is 73.6 Å². The molecule has 0 amide bonds. The molecule has 43 heavy (non-hydrogen) atoms. The van der Waals surface area contributed by atoms with Crippen molar-refractivity contribution in [3.05, 3.63) is 55.5 Å². The number of halogens is 5. The largest absolute Gasteiger partial charge is 0.487 e. The van der Waals surface area contributed by atoms with E-state index in [-0.39, 0.29) is 70.4 Å². The number of hydrogen-bond acceptors (Lipinski definition) is 9. The fourth-order valence-electron chi connectivity index (χ4n) is 3.79. The van der Waals surface area contributed by atoms with Crippen LogP contribution < -0.4 is 20.9 Å². The summed E-state index contributed by atoms with van der Waals surface area (Å²) in [5, 5.41) is 0.987. The van der Waals surface area contributed by atoms with Crippen molar-refractivity contribution in [3.8, 4) is 11.5 Å². The molecule has 9 nitrogen and oxygen atoms in total. The average Bonchev–Trinajstić information content (AvgIpc) is 2.96. The van der Waals surface area contributed by atoms with Crippen LogP contribution in [0.1, 0.15) is 44.7 Å². The molecule has 0 heterocycles. The van der Waals surface area contributed by atoms with Gasteiger partial charge in [0.15, 0.2) is 17.6 Å². The smallest absolute Gasteiger partial charge is 0.320 e. The Labute approximate surface area is 277 Å². The van der Waals surface area contributed by atoms with E-state index in [1.165, 1.54) is 0 Å². The second kappa shape index (κ2) is 18.3. The van der Waals surface area contributed by atoms with Crippen molar-refractivity contribution < 1.29 is 33.3 Å². The maximum Gasteiger partial charge on any atom is 0.320 e. The molecular weight excluding hydrogens is 666 g/mol. The second-order valence-corrected chi connectivity index (χ2v) is 11.9. The standard InChI is InChI=1S/C29H37Cl5N2O7/c1-4-5-6-39-14-20(43-26(38)13-36)16-41-28-23(33)9-18(10-24(28)34)29(2,3)17-7-21(31)27(22(32)8-17)40-15-19(11-30)42-25(37)12-35/h7-10,19-20H,4-6,11-16,35-36H2,1-3H3. The Kier molecular flexibility index (Phi) is 16.0. The molecule has 0 spiro atoms. The molecule has 0 radical (unpaired) electrons. The molecule has 240 valence electrons. The molecule has 0 aliphatic rings. The fraction of sp³-hybridized carbons (Fsp3) is 0.517. The molecule has 2 rings (SSSR count). The highest BCUT2D eigenvalue weighted by atomic mass is 35.5. The summed E-state index contributed by atoms with van der Waals surface area (Å²) in [7, 11) is 0. The Morgan fingerprint density at radius 3 is 1.58 bits per heavy atom. The molecule has 0 aliphatic heterocycles. The number of benzene rings is 2. The molecule has 14 heteroatoms. The number of rotatable bonds is 18. The van der Waals surface area contributed by atoms with E-state index in [4.69, 9.17) is 93.2 Å². The number of esters is 2. The van der Waals surface area contributed by atoms with E-state index in [1.54, 1.807) is 24.3 Å². The first-order valence-corrected chi connectivity index (χ1v) is 15.6. The minimum atomic E-state index is -0.734. The van der Waals surface area contributed by atoms with Crippen LogP contribution in [0, 0.1) is 0 Å².